The Morgan fingerprint density at radius 2 is 2.04 bits per heavy atom. The summed E-state index contributed by atoms with van der Waals surface area (Å²) in [5.41, 5.74) is 1.45. The lowest BCUT2D eigenvalue weighted by Crippen LogP contribution is -2.10. The second-order valence-electron chi connectivity index (χ2n) is 5.21. The maximum absolute atomic E-state index is 12.2. The summed E-state index contributed by atoms with van der Waals surface area (Å²) in [4.78, 5) is 27.5. The molecule has 1 amide bonds. The zero-order valence-corrected chi connectivity index (χ0v) is 15.3. The molecule has 2 aromatic heterocycles. The van der Waals surface area contributed by atoms with Crippen LogP contribution in [0.3, 0.4) is 0 Å². The number of anilines is 1. The Bertz CT molecular complexity index is 986. The molecule has 3 rings (SSSR count). The minimum absolute atomic E-state index is 0.0363. The van der Waals surface area contributed by atoms with Gasteiger partial charge in [-0.2, -0.15) is 8.78 Å². The number of carbonyl (C=O) groups is 1. The Balaban J connectivity index is 1.75. The first kappa shape index (κ1) is 18.9. The average Bonchev–Trinajstić information content (AvgIpc) is 3.22. The molecule has 3 aromatic rings. The van der Waals surface area contributed by atoms with Gasteiger partial charge in [0.1, 0.15) is 5.75 Å². The Morgan fingerprint density at radius 1 is 1.33 bits per heavy atom. The number of aromatic nitrogens is 1. The second-order valence-corrected chi connectivity index (χ2v) is 7.30. The first-order valence-electron chi connectivity index (χ1n) is 7.40. The van der Waals surface area contributed by atoms with Gasteiger partial charge in [-0.1, -0.05) is 11.3 Å². The molecule has 0 atom stereocenters. The summed E-state index contributed by atoms with van der Waals surface area (Å²) in [7, 11) is 0. The van der Waals surface area contributed by atoms with Gasteiger partial charge in [-0.05, 0) is 31.2 Å². The van der Waals surface area contributed by atoms with Crippen LogP contribution in [0.4, 0.5) is 18.9 Å². The number of nitrogens with zero attached hydrogens (tertiary/aromatic N) is 2. The number of hydrogen-bond donors (Lipinski definition) is 1. The number of nitro groups is 1. The number of thiazole rings is 1. The summed E-state index contributed by atoms with van der Waals surface area (Å²) >= 11 is 2.10. The van der Waals surface area contributed by atoms with Crippen LogP contribution in [0, 0.1) is 17.0 Å². The van der Waals surface area contributed by atoms with Crippen molar-refractivity contribution in [3.05, 3.63) is 56.3 Å². The van der Waals surface area contributed by atoms with Crippen LogP contribution in [0.5, 0.6) is 5.75 Å². The van der Waals surface area contributed by atoms with Gasteiger partial charge in [-0.3, -0.25) is 20.2 Å². The van der Waals surface area contributed by atoms with E-state index in [1.54, 1.807) is 12.1 Å². The van der Waals surface area contributed by atoms with Crippen molar-refractivity contribution in [3.8, 4) is 17.0 Å². The van der Waals surface area contributed by atoms with E-state index >= 15 is 0 Å². The van der Waals surface area contributed by atoms with E-state index in [1.807, 2.05) is 6.92 Å². The lowest BCUT2D eigenvalue weighted by Gasteiger charge is -2.05. The summed E-state index contributed by atoms with van der Waals surface area (Å²) < 4.78 is 28.7. The fourth-order valence-corrected chi connectivity index (χ4v) is 3.76. The van der Waals surface area contributed by atoms with Crippen LogP contribution >= 0.6 is 22.7 Å². The van der Waals surface area contributed by atoms with E-state index in [0.29, 0.717) is 16.4 Å². The van der Waals surface area contributed by atoms with Gasteiger partial charge < -0.3 is 4.74 Å². The minimum Gasteiger partial charge on any atom is -0.435 e. The minimum atomic E-state index is -2.90. The molecule has 11 heteroatoms. The molecule has 7 nitrogen and oxygen atoms in total. The molecule has 2 heterocycles. The van der Waals surface area contributed by atoms with Crippen LogP contribution in [0.2, 0.25) is 0 Å². The van der Waals surface area contributed by atoms with Gasteiger partial charge in [0, 0.05) is 21.9 Å². The topological polar surface area (TPSA) is 94.4 Å². The van der Waals surface area contributed by atoms with E-state index in [-0.39, 0.29) is 16.3 Å². The van der Waals surface area contributed by atoms with E-state index in [9.17, 15) is 23.7 Å². The molecule has 27 heavy (non-hydrogen) atoms. The first-order chi connectivity index (χ1) is 12.8. The van der Waals surface area contributed by atoms with Gasteiger partial charge in [0.05, 0.1) is 16.2 Å². The summed E-state index contributed by atoms with van der Waals surface area (Å²) in [5, 5.41) is 14.9. The summed E-state index contributed by atoms with van der Waals surface area (Å²) in [6, 6.07) is 7.19. The molecule has 0 bridgehead atoms. The molecule has 0 saturated carbocycles. The number of rotatable bonds is 6. The maximum atomic E-state index is 12.2. The second kappa shape index (κ2) is 7.76. The van der Waals surface area contributed by atoms with Gasteiger partial charge in [0.2, 0.25) is 0 Å². The standard InChI is InChI=1S/C16H11F2N3O4S2/c1-8-13(9-2-4-11(5-3-9)25-15(17)18)19-16(27-8)20-14(22)10-6-12(21(23)24)26-7-10/h2-7,15H,1H3,(H,19,20,22). The molecule has 0 fully saturated rings. The zero-order chi connectivity index (χ0) is 19.6. The van der Waals surface area contributed by atoms with Crippen molar-refractivity contribution >= 4 is 38.7 Å². The predicted molar refractivity (Wildman–Crippen MR) is 97.8 cm³/mol. The van der Waals surface area contributed by atoms with Gasteiger partial charge in [-0.15, -0.1) is 11.3 Å². The fraction of sp³-hybridized carbons (Fsp3) is 0.125. The van der Waals surface area contributed by atoms with Crippen molar-refractivity contribution in [2.75, 3.05) is 5.32 Å². The molecule has 0 saturated heterocycles. The Morgan fingerprint density at radius 3 is 2.63 bits per heavy atom. The largest absolute Gasteiger partial charge is 0.435 e. The van der Waals surface area contributed by atoms with Gasteiger partial charge >= 0.3 is 11.6 Å². The highest BCUT2D eigenvalue weighted by Crippen LogP contribution is 2.32. The van der Waals surface area contributed by atoms with Gasteiger partial charge in [-0.25, -0.2) is 4.98 Å². The molecular formula is C16H11F2N3O4S2. The van der Waals surface area contributed by atoms with Crippen molar-refractivity contribution in [1.29, 1.82) is 0 Å². The molecule has 0 radical (unpaired) electrons. The summed E-state index contributed by atoms with van der Waals surface area (Å²) in [6.45, 7) is -1.09. The normalized spacial score (nSPS) is 10.8. The number of benzene rings is 1. The molecular weight excluding hydrogens is 400 g/mol. The number of nitrogens with one attached hydrogen (secondary N) is 1. The third kappa shape index (κ3) is 4.44. The quantitative estimate of drug-likeness (QED) is 0.458. The molecule has 0 aliphatic carbocycles. The van der Waals surface area contributed by atoms with E-state index in [1.165, 1.54) is 34.9 Å². The van der Waals surface area contributed by atoms with Crippen LogP contribution in [-0.2, 0) is 0 Å². The molecule has 0 aliphatic rings. The smallest absolute Gasteiger partial charge is 0.387 e. The number of ether oxygens (including phenoxy) is 1. The number of carbonyl (C=O) groups excluding carboxylic acids is 1. The number of hydrogen-bond acceptors (Lipinski definition) is 7. The molecule has 0 spiro atoms. The van der Waals surface area contributed by atoms with Crippen molar-refractivity contribution in [2.24, 2.45) is 0 Å². The van der Waals surface area contributed by atoms with Crippen LogP contribution < -0.4 is 10.1 Å². The van der Waals surface area contributed by atoms with Crippen molar-refractivity contribution < 1.29 is 23.2 Å². The number of amides is 1. The monoisotopic (exact) mass is 411 g/mol. The molecule has 1 aromatic carbocycles. The summed E-state index contributed by atoms with van der Waals surface area (Å²) in [5.74, 6) is -0.463. The highest BCUT2D eigenvalue weighted by molar-refractivity contribution is 7.16. The van der Waals surface area contributed by atoms with Gasteiger partial charge in [0.25, 0.3) is 5.91 Å². The molecule has 0 unspecified atom stereocenters. The predicted octanol–water partition coefficient (Wildman–Crippen LogP) is 4.94. The molecule has 0 aliphatic heterocycles. The zero-order valence-electron chi connectivity index (χ0n) is 13.6. The van der Waals surface area contributed by atoms with Crippen LogP contribution in [-0.4, -0.2) is 22.4 Å². The maximum Gasteiger partial charge on any atom is 0.387 e. The van der Waals surface area contributed by atoms with E-state index in [2.05, 4.69) is 15.0 Å². The Hall–Kier alpha value is -2.92. The van der Waals surface area contributed by atoms with Crippen molar-refractivity contribution in [2.45, 2.75) is 13.5 Å². The highest BCUT2D eigenvalue weighted by atomic mass is 32.1. The molecule has 1 N–H and O–H groups in total. The third-order valence-electron chi connectivity index (χ3n) is 3.40. The van der Waals surface area contributed by atoms with Crippen molar-refractivity contribution in [1.82, 2.24) is 4.98 Å². The van der Waals surface area contributed by atoms with Crippen LogP contribution in [0.25, 0.3) is 11.3 Å². The Kier molecular flexibility index (Phi) is 5.42. The number of halogens is 2. The molecule has 140 valence electrons. The van der Waals surface area contributed by atoms with E-state index < -0.39 is 17.4 Å². The number of alkyl halides is 2. The van der Waals surface area contributed by atoms with Crippen LogP contribution in [0.1, 0.15) is 15.2 Å². The highest BCUT2D eigenvalue weighted by Gasteiger charge is 2.17. The summed E-state index contributed by atoms with van der Waals surface area (Å²) in [6.07, 6.45) is 0. The number of aryl methyl sites for hydroxylation is 1. The van der Waals surface area contributed by atoms with E-state index in [0.717, 1.165) is 16.2 Å². The average molecular weight is 411 g/mol. The first-order valence-corrected chi connectivity index (χ1v) is 9.10. The number of thiophene rings is 1. The van der Waals surface area contributed by atoms with E-state index in [4.69, 9.17) is 0 Å². The Labute approximate surface area is 159 Å². The van der Waals surface area contributed by atoms with Gasteiger partial charge in [0.15, 0.2) is 5.13 Å². The SMILES string of the molecule is Cc1sc(NC(=O)c2csc([N+](=O)[O-])c2)nc1-c1ccc(OC(F)F)cc1. The van der Waals surface area contributed by atoms with Crippen molar-refractivity contribution in [3.63, 3.8) is 0 Å². The lowest BCUT2D eigenvalue weighted by molar-refractivity contribution is -0.380. The van der Waals surface area contributed by atoms with Crippen LogP contribution in [0.15, 0.2) is 35.7 Å². The third-order valence-corrected chi connectivity index (χ3v) is 5.16. The fourth-order valence-electron chi connectivity index (χ4n) is 2.22. The lowest BCUT2D eigenvalue weighted by atomic mass is 10.1.